The van der Waals surface area contributed by atoms with Gasteiger partial charge >= 0.3 is 0 Å². The Balaban J connectivity index is 1.44. The molecule has 0 unspecified atom stereocenters. The second-order valence-electron chi connectivity index (χ2n) is 6.72. The molecule has 148 valence electrons. The lowest BCUT2D eigenvalue weighted by Gasteiger charge is -2.05. The van der Waals surface area contributed by atoms with Gasteiger partial charge in [0.05, 0.1) is 5.69 Å². The van der Waals surface area contributed by atoms with Gasteiger partial charge in [-0.15, -0.1) is 5.10 Å². The average molecular weight is 417 g/mol. The molecule has 4 rings (SSSR count). The van der Waals surface area contributed by atoms with E-state index in [9.17, 15) is 9.59 Å². The molecule has 1 N–H and O–H groups in total. The second kappa shape index (κ2) is 8.31. The minimum absolute atomic E-state index is 0.0322. The number of hydrogen-bond acceptors (Lipinski definition) is 4. The lowest BCUT2D eigenvalue weighted by molar-refractivity contribution is 0.101. The van der Waals surface area contributed by atoms with Crippen molar-refractivity contribution in [2.24, 2.45) is 0 Å². The zero-order valence-corrected chi connectivity index (χ0v) is 16.8. The van der Waals surface area contributed by atoms with Gasteiger partial charge in [-0.3, -0.25) is 9.59 Å². The first-order valence-electron chi connectivity index (χ1n) is 9.20. The van der Waals surface area contributed by atoms with Crippen LogP contribution in [0.5, 0.6) is 0 Å². The summed E-state index contributed by atoms with van der Waals surface area (Å²) in [7, 11) is 0. The Bertz CT molecular complexity index is 1200. The number of aromatic nitrogens is 3. The number of amides is 1. The molecule has 0 aliphatic carbocycles. The zero-order valence-electron chi connectivity index (χ0n) is 16.0. The van der Waals surface area contributed by atoms with Gasteiger partial charge in [-0.25, -0.2) is 9.67 Å². The number of anilines is 1. The summed E-state index contributed by atoms with van der Waals surface area (Å²) in [6.07, 6.45) is 1.46. The molecule has 0 fully saturated rings. The summed E-state index contributed by atoms with van der Waals surface area (Å²) < 4.78 is 1.49. The summed E-state index contributed by atoms with van der Waals surface area (Å²) in [5, 5.41) is 7.54. The molecule has 1 heterocycles. The molecule has 0 aliphatic heterocycles. The predicted octanol–water partition coefficient (Wildman–Crippen LogP) is 4.71. The molecule has 0 saturated carbocycles. The Morgan fingerprint density at radius 2 is 1.47 bits per heavy atom. The summed E-state index contributed by atoms with van der Waals surface area (Å²) in [6, 6.07) is 21.1. The summed E-state index contributed by atoms with van der Waals surface area (Å²) in [5.74, 6) is -0.485. The van der Waals surface area contributed by atoms with Crippen molar-refractivity contribution >= 4 is 29.0 Å². The highest BCUT2D eigenvalue weighted by Gasteiger charge is 2.14. The highest BCUT2D eigenvalue weighted by molar-refractivity contribution is 6.30. The van der Waals surface area contributed by atoms with Gasteiger partial charge in [0.2, 0.25) is 5.82 Å². The highest BCUT2D eigenvalue weighted by atomic mass is 35.5. The molecule has 0 spiro atoms. The van der Waals surface area contributed by atoms with Crippen LogP contribution in [0.25, 0.3) is 5.69 Å². The number of halogens is 1. The number of carbonyl (C=O) groups excluding carboxylic acids is 2. The van der Waals surface area contributed by atoms with Gasteiger partial charge in [-0.2, -0.15) is 0 Å². The van der Waals surface area contributed by atoms with Crippen molar-refractivity contribution in [1.29, 1.82) is 0 Å². The number of rotatable bonds is 5. The minimum Gasteiger partial charge on any atom is -0.319 e. The monoisotopic (exact) mass is 416 g/mol. The van der Waals surface area contributed by atoms with Gasteiger partial charge < -0.3 is 5.32 Å². The van der Waals surface area contributed by atoms with E-state index in [4.69, 9.17) is 11.6 Å². The number of aryl methyl sites for hydroxylation is 1. The third-order valence-electron chi connectivity index (χ3n) is 4.50. The number of nitrogens with one attached hydrogen (secondary N) is 1. The molecule has 0 aliphatic rings. The molecular weight excluding hydrogens is 400 g/mol. The van der Waals surface area contributed by atoms with Crippen molar-refractivity contribution in [1.82, 2.24) is 14.8 Å². The Hall–Kier alpha value is -3.77. The predicted molar refractivity (Wildman–Crippen MR) is 115 cm³/mol. The van der Waals surface area contributed by atoms with E-state index in [1.165, 1.54) is 11.0 Å². The van der Waals surface area contributed by atoms with Crippen LogP contribution >= 0.6 is 11.6 Å². The van der Waals surface area contributed by atoms with E-state index < -0.39 is 5.91 Å². The van der Waals surface area contributed by atoms with Crippen LogP contribution in [0.2, 0.25) is 5.02 Å². The number of nitrogens with zero attached hydrogens (tertiary/aromatic N) is 3. The third kappa shape index (κ3) is 4.29. The summed E-state index contributed by atoms with van der Waals surface area (Å²) in [6.45, 7) is 1.97. The molecule has 30 heavy (non-hydrogen) atoms. The molecule has 0 bridgehead atoms. The fourth-order valence-electron chi connectivity index (χ4n) is 2.85. The van der Waals surface area contributed by atoms with Crippen LogP contribution in [0, 0.1) is 6.92 Å². The summed E-state index contributed by atoms with van der Waals surface area (Å²) >= 11 is 5.89. The first-order valence-corrected chi connectivity index (χ1v) is 9.58. The van der Waals surface area contributed by atoms with Gasteiger partial charge in [0.25, 0.3) is 5.91 Å². The van der Waals surface area contributed by atoms with Gasteiger partial charge in [0.15, 0.2) is 5.78 Å². The second-order valence-corrected chi connectivity index (χ2v) is 7.15. The van der Waals surface area contributed by atoms with Gasteiger partial charge in [0.1, 0.15) is 6.33 Å². The SMILES string of the molecule is Cc1ccc(C(=O)c2ccc(NC(=O)c3ncn(-c4ccc(Cl)cc4)n3)cc2)cc1. The van der Waals surface area contributed by atoms with Crippen molar-refractivity contribution in [3.63, 3.8) is 0 Å². The van der Waals surface area contributed by atoms with E-state index in [1.807, 2.05) is 19.1 Å². The van der Waals surface area contributed by atoms with Gasteiger partial charge in [0, 0.05) is 21.8 Å². The van der Waals surface area contributed by atoms with Crippen LogP contribution in [-0.4, -0.2) is 26.5 Å². The van der Waals surface area contributed by atoms with Crippen LogP contribution in [0.3, 0.4) is 0 Å². The van der Waals surface area contributed by atoms with Crippen molar-refractivity contribution < 1.29 is 9.59 Å². The molecule has 0 radical (unpaired) electrons. The van der Waals surface area contributed by atoms with Crippen LogP contribution in [0.15, 0.2) is 79.1 Å². The van der Waals surface area contributed by atoms with Crippen molar-refractivity contribution in [3.05, 3.63) is 107 Å². The molecular formula is C23H17ClN4O2. The lowest BCUT2D eigenvalue weighted by Crippen LogP contribution is -2.14. The smallest absolute Gasteiger partial charge is 0.295 e. The molecule has 7 heteroatoms. The topological polar surface area (TPSA) is 76.9 Å². The third-order valence-corrected chi connectivity index (χ3v) is 4.76. The summed E-state index contributed by atoms with van der Waals surface area (Å²) in [4.78, 5) is 29.1. The van der Waals surface area contributed by atoms with Crippen molar-refractivity contribution in [2.45, 2.75) is 6.92 Å². The van der Waals surface area contributed by atoms with E-state index in [1.54, 1.807) is 60.7 Å². The maximum absolute atomic E-state index is 12.6. The zero-order chi connectivity index (χ0) is 21.1. The van der Waals surface area contributed by atoms with E-state index >= 15 is 0 Å². The lowest BCUT2D eigenvalue weighted by atomic mass is 10.0. The van der Waals surface area contributed by atoms with Gasteiger partial charge in [-0.1, -0.05) is 41.4 Å². The van der Waals surface area contributed by atoms with Crippen molar-refractivity contribution in [2.75, 3.05) is 5.32 Å². The molecule has 1 amide bonds. The summed E-state index contributed by atoms with van der Waals surface area (Å²) in [5.41, 5.74) is 3.54. The van der Waals surface area contributed by atoms with E-state index in [0.29, 0.717) is 21.8 Å². The quantitative estimate of drug-likeness (QED) is 0.478. The molecule has 3 aromatic carbocycles. The average Bonchev–Trinajstić information content (AvgIpc) is 3.25. The molecule has 0 saturated heterocycles. The van der Waals surface area contributed by atoms with Crippen LogP contribution in [-0.2, 0) is 0 Å². The van der Waals surface area contributed by atoms with Gasteiger partial charge in [-0.05, 0) is 55.5 Å². The van der Waals surface area contributed by atoms with E-state index in [0.717, 1.165) is 11.3 Å². The highest BCUT2D eigenvalue weighted by Crippen LogP contribution is 2.16. The Morgan fingerprint density at radius 3 is 2.10 bits per heavy atom. The normalized spacial score (nSPS) is 10.6. The Morgan fingerprint density at radius 1 is 0.867 bits per heavy atom. The Kier molecular flexibility index (Phi) is 5.41. The number of ketones is 1. The largest absolute Gasteiger partial charge is 0.319 e. The van der Waals surface area contributed by atoms with Crippen LogP contribution in [0.4, 0.5) is 5.69 Å². The van der Waals surface area contributed by atoms with Crippen LogP contribution < -0.4 is 5.32 Å². The minimum atomic E-state index is -0.444. The number of benzene rings is 3. The van der Waals surface area contributed by atoms with Crippen molar-refractivity contribution in [3.8, 4) is 5.69 Å². The Labute approximate surface area is 178 Å². The molecule has 4 aromatic rings. The fraction of sp³-hybridized carbons (Fsp3) is 0.0435. The maximum atomic E-state index is 12.6. The first-order chi connectivity index (χ1) is 14.5. The van der Waals surface area contributed by atoms with E-state index in [-0.39, 0.29) is 11.6 Å². The molecule has 6 nitrogen and oxygen atoms in total. The standard InChI is InChI=1S/C23H17ClN4O2/c1-15-2-4-16(5-3-15)21(29)17-6-10-19(11-7-17)26-23(30)22-25-14-28(27-22)20-12-8-18(24)9-13-20/h2-14H,1H3,(H,26,30). The first kappa shape index (κ1) is 19.5. The fourth-order valence-corrected chi connectivity index (χ4v) is 2.97. The molecule has 1 aromatic heterocycles. The van der Waals surface area contributed by atoms with E-state index in [2.05, 4.69) is 15.4 Å². The molecule has 0 atom stereocenters. The number of hydrogen-bond donors (Lipinski definition) is 1. The van der Waals surface area contributed by atoms with Crippen LogP contribution in [0.1, 0.15) is 32.1 Å². The number of carbonyl (C=O) groups is 2. The maximum Gasteiger partial charge on any atom is 0.295 e.